The summed E-state index contributed by atoms with van der Waals surface area (Å²) in [5.41, 5.74) is 8.13. The van der Waals surface area contributed by atoms with Gasteiger partial charge in [0.1, 0.15) is 0 Å². The van der Waals surface area contributed by atoms with Crippen molar-refractivity contribution in [3.8, 4) is 0 Å². The molecule has 0 bridgehead atoms. The van der Waals surface area contributed by atoms with E-state index >= 15 is 0 Å². The summed E-state index contributed by atoms with van der Waals surface area (Å²) in [5.74, 6) is 0.0806. The summed E-state index contributed by atoms with van der Waals surface area (Å²) in [6, 6.07) is 29.8. The summed E-state index contributed by atoms with van der Waals surface area (Å²) < 4.78 is 0. The lowest BCUT2D eigenvalue weighted by Gasteiger charge is -2.34. The van der Waals surface area contributed by atoms with Crippen LogP contribution in [0.5, 0.6) is 0 Å². The Balaban J connectivity index is 1.62. The van der Waals surface area contributed by atoms with Gasteiger partial charge in [0.2, 0.25) is 0 Å². The Kier molecular flexibility index (Phi) is 4.39. The molecule has 1 aliphatic heterocycles. The quantitative estimate of drug-likeness (QED) is 0.325. The first kappa shape index (κ1) is 18.6. The summed E-state index contributed by atoms with van der Waals surface area (Å²) in [6.45, 7) is 4.73. The molecule has 3 aromatic carbocycles. The predicted molar refractivity (Wildman–Crippen MR) is 134 cm³/mol. The highest BCUT2D eigenvalue weighted by atomic mass is 15.1. The van der Waals surface area contributed by atoms with Crippen molar-refractivity contribution >= 4 is 33.1 Å². The molecule has 6 rings (SSSR count). The van der Waals surface area contributed by atoms with Gasteiger partial charge in [0.05, 0.1) is 11.2 Å². The molecule has 0 saturated carbocycles. The third kappa shape index (κ3) is 2.94. The van der Waals surface area contributed by atoms with E-state index in [-0.39, 0.29) is 5.92 Å². The molecule has 0 aliphatic carbocycles. The van der Waals surface area contributed by atoms with Crippen molar-refractivity contribution < 1.29 is 0 Å². The van der Waals surface area contributed by atoms with Crippen LogP contribution >= 0.6 is 0 Å². The maximum Gasteiger partial charge on any atom is 0.0709 e. The predicted octanol–water partition coefficient (Wildman–Crippen LogP) is 6.90. The molecule has 0 unspecified atom stereocenters. The van der Waals surface area contributed by atoms with Crippen molar-refractivity contribution in [2.75, 3.05) is 11.4 Å². The van der Waals surface area contributed by atoms with E-state index in [9.17, 15) is 0 Å². The van der Waals surface area contributed by atoms with E-state index in [0.29, 0.717) is 0 Å². The van der Waals surface area contributed by atoms with E-state index in [1.54, 1.807) is 0 Å². The number of hydrogen-bond acceptors (Lipinski definition) is 2. The molecule has 0 radical (unpaired) electrons. The number of allylic oxidation sites excluding steroid dienone is 1. The fourth-order valence-corrected chi connectivity index (χ4v) is 4.87. The first-order chi connectivity index (χ1) is 15.8. The molecule has 0 saturated heterocycles. The van der Waals surface area contributed by atoms with Crippen molar-refractivity contribution in [2.45, 2.75) is 5.92 Å². The van der Waals surface area contributed by atoms with Gasteiger partial charge in [-0.25, -0.2) is 4.98 Å². The molecular weight excluding hydrogens is 390 g/mol. The van der Waals surface area contributed by atoms with Gasteiger partial charge in [0.15, 0.2) is 0 Å². The van der Waals surface area contributed by atoms with Crippen LogP contribution in [0.15, 0.2) is 110 Å². The van der Waals surface area contributed by atoms with Gasteiger partial charge in [0.25, 0.3) is 0 Å². The zero-order chi connectivity index (χ0) is 21.5. The minimum atomic E-state index is 0.0806. The van der Waals surface area contributed by atoms with Crippen LogP contribution < -0.4 is 4.90 Å². The van der Waals surface area contributed by atoms with E-state index in [4.69, 9.17) is 4.98 Å². The zero-order valence-corrected chi connectivity index (χ0v) is 17.7. The number of fused-ring (bicyclic) bond motifs is 3. The monoisotopic (exact) mass is 413 g/mol. The number of pyridine rings is 1. The molecule has 3 heterocycles. The fourth-order valence-electron chi connectivity index (χ4n) is 4.87. The lowest BCUT2D eigenvalue weighted by Crippen LogP contribution is -2.25. The minimum absolute atomic E-state index is 0.0806. The standard InChI is InChI=1S/C29H23N3/c1-2-17-32-19-24(27-16-15-20-9-3-6-12-25(20)31-27)29(22-11-5-8-14-28(22)32)23-18-30-26-13-7-4-10-21(23)26/h2-16,18-19,29-30H,1,17H2/t29-/m0/s1. The molecule has 1 aliphatic rings. The maximum atomic E-state index is 5.08. The molecule has 1 atom stereocenters. The van der Waals surface area contributed by atoms with Crippen molar-refractivity contribution in [2.24, 2.45) is 0 Å². The summed E-state index contributed by atoms with van der Waals surface area (Å²) in [5, 5.41) is 2.40. The number of nitrogens with one attached hydrogen (secondary N) is 1. The van der Waals surface area contributed by atoms with Crippen molar-refractivity contribution in [3.05, 3.63) is 127 Å². The molecule has 0 fully saturated rings. The number of anilines is 1. The molecule has 3 nitrogen and oxygen atoms in total. The number of para-hydroxylation sites is 3. The first-order valence-electron chi connectivity index (χ1n) is 10.9. The highest BCUT2D eigenvalue weighted by molar-refractivity contribution is 5.92. The zero-order valence-electron chi connectivity index (χ0n) is 17.7. The second-order valence-electron chi connectivity index (χ2n) is 8.20. The average Bonchev–Trinajstić information content (AvgIpc) is 3.27. The lowest BCUT2D eigenvalue weighted by atomic mass is 9.80. The van der Waals surface area contributed by atoms with Gasteiger partial charge >= 0.3 is 0 Å². The van der Waals surface area contributed by atoms with Crippen LogP contribution in [-0.2, 0) is 0 Å². The minimum Gasteiger partial charge on any atom is -0.361 e. The second kappa shape index (κ2) is 7.54. The van der Waals surface area contributed by atoms with E-state index in [0.717, 1.165) is 28.7 Å². The normalized spacial score (nSPS) is 15.6. The van der Waals surface area contributed by atoms with Crippen LogP contribution in [0, 0.1) is 0 Å². The number of aromatic amines is 1. The molecule has 5 aromatic rings. The topological polar surface area (TPSA) is 31.9 Å². The lowest BCUT2D eigenvalue weighted by molar-refractivity contribution is 0.957. The first-order valence-corrected chi connectivity index (χ1v) is 10.9. The van der Waals surface area contributed by atoms with Gasteiger partial charge in [0, 0.05) is 52.4 Å². The Morgan fingerprint density at radius 2 is 1.69 bits per heavy atom. The Morgan fingerprint density at radius 1 is 0.875 bits per heavy atom. The second-order valence-corrected chi connectivity index (χ2v) is 8.20. The summed E-state index contributed by atoms with van der Waals surface area (Å²) in [4.78, 5) is 10.8. The van der Waals surface area contributed by atoms with E-state index < -0.39 is 0 Å². The van der Waals surface area contributed by atoms with Crippen molar-refractivity contribution in [1.29, 1.82) is 0 Å². The highest BCUT2D eigenvalue weighted by Gasteiger charge is 2.31. The van der Waals surface area contributed by atoms with Gasteiger partial charge < -0.3 is 9.88 Å². The number of benzene rings is 3. The third-order valence-electron chi connectivity index (χ3n) is 6.32. The summed E-state index contributed by atoms with van der Waals surface area (Å²) in [6.07, 6.45) is 6.36. The molecule has 154 valence electrons. The van der Waals surface area contributed by atoms with Crippen molar-refractivity contribution in [3.63, 3.8) is 0 Å². The average molecular weight is 414 g/mol. The Labute approximate surface area is 187 Å². The van der Waals surface area contributed by atoms with E-state index in [1.807, 2.05) is 12.1 Å². The summed E-state index contributed by atoms with van der Waals surface area (Å²) >= 11 is 0. The van der Waals surface area contributed by atoms with Gasteiger partial charge in [-0.2, -0.15) is 0 Å². The molecule has 0 spiro atoms. The molecule has 0 amide bonds. The largest absolute Gasteiger partial charge is 0.361 e. The molecule has 2 aromatic heterocycles. The SMILES string of the molecule is C=CCN1C=C(c2ccc3ccccc3n2)[C@H](c2c[nH]c3ccccc23)c2ccccc21. The number of hydrogen-bond donors (Lipinski definition) is 1. The number of nitrogens with zero attached hydrogens (tertiary/aromatic N) is 2. The van der Waals surface area contributed by atoms with E-state index in [1.165, 1.54) is 27.8 Å². The van der Waals surface area contributed by atoms with Crippen LogP contribution in [0.1, 0.15) is 22.7 Å². The van der Waals surface area contributed by atoms with Crippen LogP contribution in [0.2, 0.25) is 0 Å². The molecule has 32 heavy (non-hydrogen) atoms. The third-order valence-corrected chi connectivity index (χ3v) is 6.32. The maximum absolute atomic E-state index is 5.08. The van der Waals surface area contributed by atoms with E-state index in [2.05, 4.69) is 108 Å². The van der Waals surface area contributed by atoms with Gasteiger partial charge in [-0.05, 0) is 35.4 Å². The molecule has 3 heteroatoms. The molecule has 1 N–H and O–H groups in total. The van der Waals surface area contributed by atoms with Crippen LogP contribution in [0.4, 0.5) is 5.69 Å². The molecular formula is C29H23N3. The summed E-state index contributed by atoms with van der Waals surface area (Å²) in [7, 11) is 0. The van der Waals surface area contributed by atoms with Crippen LogP contribution in [0.3, 0.4) is 0 Å². The number of aromatic nitrogens is 2. The van der Waals surface area contributed by atoms with Gasteiger partial charge in [-0.3, -0.25) is 0 Å². The van der Waals surface area contributed by atoms with Crippen molar-refractivity contribution in [1.82, 2.24) is 9.97 Å². The Bertz CT molecular complexity index is 1490. The Morgan fingerprint density at radius 3 is 2.62 bits per heavy atom. The van der Waals surface area contributed by atoms with Crippen LogP contribution in [0.25, 0.3) is 27.4 Å². The van der Waals surface area contributed by atoms with Crippen LogP contribution in [-0.4, -0.2) is 16.5 Å². The van der Waals surface area contributed by atoms with Gasteiger partial charge in [-0.15, -0.1) is 6.58 Å². The smallest absolute Gasteiger partial charge is 0.0709 e. The number of H-pyrrole nitrogens is 1. The Hall–Kier alpha value is -4.11. The van der Waals surface area contributed by atoms with Gasteiger partial charge in [-0.1, -0.05) is 66.7 Å². The highest BCUT2D eigenvalue weighted by Crippen LogP contribution is 2.47. The fraction of sp³-hybridized carbons (Fsp3) is 0.0690. The number of rotatable bonds is 4.